The molecule has 0 saturated carbocycles. The summed E-state index contributed by atoms with van der Waals surface area (Å²) >= 11 is 5.40. The second-order valence-corrected chi connectivity index (χ2v) is 3.92. The van der Waals surface area contributed by atoms with Crippen molar-refractivity contribution < 1.29 is 4.79 Å². The van der Waals surface area contributed by atoms with Crippen LogP contribution in [0.25, 0.3) is 6.08 Å². The zero-order valence-electron chi connectivity index (χ0n) is 6.44. The monoisotopic (exact) mass is 198 g/mol. The molecule has 3 nitrogen and oxygen atoms in total. The molecular formula is C6H7BN2OS2. The Bertz CT molecular complexity index is 334. The van der Waals surface area contributed by atoms with Gasteiger partial charge in [0.2, 0.25) is 0 Å². The number of amides is 1. The molecule has 6 heteroatoms. The largest absolute Gasteiger partial charge is 0.365 e. The molecule has 62 valence electrons. The molecule has 1 rings (SSSR count). The zero-order valence-corrected chi connectivity index (χ0v) is 8.15. The van der Waals surface area contributed by atoms with E-state index in [1.54, 1.807) is 12.3 Å². The van der Waals surface area contributed by atoms with Crippen molar-refractivity contribution >= 4 is 48.7 Å². The van der Waals surface area contributed by atoms with Gasteiger partial charge in [-0.15, -0.1) is 24.0 Å². The third kappa shape index (κ3) is 2.39. The fourth-order valence-electron chi connectivity index (χ4n) is 0.650. The number of thiol groups is 1. The summed E-state index contributed by atoms with van der Waals surface area (Å²) in [5.41, 5.74) is 4.99. The van der Waals surface area contributed by atoms with Crippen molar-refractivity contribution in [2.75, 3.05) is 0 Å². The van der Waals surface area contributed by atoms with Crippen molar-refractivity contribution in [3.63, 3.8) is 0 Å². The molecule has 1 amide bonds. The van der Waals surface area contributed by atoms with Crippen molar-refractivity contribution in [2.24, 2.45) is 5.73 Å². The number of carbonyl (C=O) groups is 1. The van der Waals surface area contributed by atoms with Crippen LogP contribution >= 0.6 is 24.0 Å². The quantitative estimate of drug-likeness (QED) is 0.369. The Balaban J connectivity index is 2.87. The van der Waals surface area contributed by atoms with E-state index in [0.29, 0.717) is 0 Å². The fraction of sp³-hybridized carbons (Fsp3) is 0. The zero-order chi connectivity index (χ0) is 9.14. The number of carbonyl (C=O) groups excluding carboxylic acids is 1. The molecule has 0 aliphatic heterocycles. The molecule has 0 fully saturated rings. The number of primary amides is 1. The van der Waals surface area contributed by atoms with Gasteiger partial charge in [-0.3, -0.25) is 9.78 Å². The number of rotatable bonds is 2. The van der Waals surface area contributed by atoms with E-state index in [0.717, 1.165) is 9.78 Å². The van der Waals surface area contributed by atoms with E-state index in [4.69, 9.17) is 5.73 Å². The summed E-state index contributed by atoms with van der Waals surface area (Å²) < 4.78 is 0. The Morgan fingerprint density at radius 3 is 2.92 bits per heavy atom. The maximum absolute atomic E-state index is 10.6. The molecule has 0 atom stereocenters. The number of nitrogens with two attached hydrogens (primary N) is 1. The van der Waals surface area contributed by atoms with Gasteiger partial charge in [0, 0.05) is 16.0 Å². The molecule has 0 bridgehead atoms. The van der Waals surface area contributed by atoms with Gasteiger partial charge in [0.25, 0.3) is 5.91 Å². The van der Waals surface area contributed by atoms with Gasteiger partial charge in [0.15, 0.2) is 7.85 Å². The lowest BCUT2D eigenvalue weighted by molar-refractivity contribution is -0.113. The lowest BCUT2D eigenvalue weighted by atomic mass is 10.2. The van der Waals surface area contributed by atoms with Gasteiger partial charge in [-0.1, -0.05) is 0 Å². The minimum absolute atomic E-state index is 0.249. The Labute approximate surface area is 80.5 Å². The van der Waals surface area contributed by atoms with E-state index in [1.165, 1.54) is 11.3 Å². The van der Waals surface area contributed by atoms with Crippen LogP contribution < -0.4 is 10.6 Å². The third-order valence-corrected chi connectivity index (χ3v) is 2.38. The van der Waals surface area contributed by atoms with E-state index in [2.05, 4.69) is 17.6 Å². The van der Waals surface area contributed by atoms with Gasteiger partial charge in [0.1, 0.15) is 0 Å². The Morgan fingerprint density at radius 1 is 1.83 bits per heavy atom. The first kappa shape index (κ1) is 9.34. The van der Waals surface area contributed by atoms with Gasteiger partial charge >= 0.3 is 0 Å². The topological polar surface area (TPSA) is 56.0 Å². The highest BCUT2D eigenvalue weighted by atomic mass is 32.1. The second-order valence-electron chi connectivity index (χ2n) is 2.18. The number of aromatic nitrogens is 1. The summed E-state index contributed by atoms with van der Waals surface area (Å²) in [6, 6.07) is 0. The van der Waals surface area contributed by atoms with Crippen LogP contribution in [-0.2, 0) is 4.79 Å². The van der Waals surface area contributed by atoms with Gasteiger partial charge in [-0.05, 0) is 6.08 Å². The van der Waals surface area contributed by atoms with Crippen molar-refractivity contribution in [2.45, 2.75) is 0 Å². The molecule has 0 aliphatic rings. The predicted molar refractivity (Wildman–Crippen MR) is 56.4 cm³/mol. The molecule has 1 aromatic rings. The van der Waals surface area contributed by atoms with E-state index < -0.39 is 5.91 Å². The van der Waals surface area contributed by atoms with Crippen molar-refractivity contribution in [3.05, 3.63) is 16.0 Å². The van der Waals surface area contributed by atoms with Crippen molar-refractivity contribution in [1.82, 2.24) is 4.98 Å². The number of nitrogens with zero attached hydrogens (tertiary/aromatic N) is 1. The van der Waals surface area contributed by atoms with Crippen LogP contribution in [0.4, 0.5) is 0 Å². The first-order chi connectivity index (χ1) is 5.59. The smallest absolute Gasteiger partial charge is 0.254 e. The summed E-state index contributed by atoms with van der Waals surface area (Å²) in [6.07, 6.45) is 3.29. The van der Waals surface area contributed by atoms with Gasteiger partial charge in [0.05, 0.1) is 4.91 Å². The number of thiazole rings is 1. The van der Waals surface area contributed by atoms with Crippen LogP contribution in [0.3, 0.4) is 0 Å². The summed E-state index contributed by atoms with van der Waals surface area (Å²) in [7, 11) is 1.89. The molecule has 1 aromatic heterocycles. The highest BCUT2D eigenvalue weighted by Crippen LogP contribution is 2.11. The molecular weight excluding hydrogens is 191 g/mol. The molecule has 0 unspecified atom stereocenters. The van der Waals surface area contributed by atoms with E-state index in [1.807, 2.05) is 7.85 Å². The molecule has 0 spiro atoms. The first-order valence-electron chi connectivity index (χ1n) is 3.22. The van der Waals surface area contributed by atoms with E-state index in [9.17, 15) is 4.79 Å². The molecule has 0 saturated heterocycles. The lowest BCUT2D eigenvalue weighted by Crippen LogP contribution is -2.09. The standard InChI is InChI=1S/C6H7BN2OS2/c7-6-9-2-3(12-6)1-4(11)5(8)10/h1-2,11H,7H2,(H2,8,10)/b4-1-. The molecule has 2 N–H and O–H groups in total. The minimum atomic E-state index is -0.524. The second kappa shape index (κ2) is 3.77. The minimum Gasteiger partial charge on any atom is -0.365 e. The highest BCUT2D eigenvalue weighted by Gasteiger charge is 2.00. The number of hydrogen-bond donors (Lipinski definition) is 2. The lowest BCUT2D eigenvalue weighted by Gasteiger charge is -1.89. The maximum Gasteiger partial charge on any atom is 0.254 e. The van der Waals surface area contributed by atoms with Crippen LogP contribution in [0.15, 0.2) is 11.1 Å². The summed E-state index contributed by atoms with van der Waals surface area (Å²) in [5, 5.41) is 0. The third-order valence-electron chi connectivity index (χ3n) is 1.17. The average Bonchev–Trinajstić information content (AvgIpc) is 2.35. The van der Waals surface area contributed by atoms with Crippen LogP contribution in [0, 0.1) is 0 Å². The maximum atomic E-state index is 10.6. The molecule has 1 heterocycles. The first-order valence-corrected chi connectivity index (χ1v) is 4.49. The Hall–Kier alpha value is -0.745. The molecule has 12 heavy (non-hydrogen) atoms. The number of hydrogen-bond acceptors (Lipinski definition) is 4. The normalized spacial score (nSPS) is 11.6. The highest BCUT2D eigenvalue weighted by molar-refractivity contribution is 7.85. The Morgan fingerprint density at radius 2 is 2.50 bits per heavy atom. The van der Waals surface area contributed by atoms with Crippen LogP contribution in [-0.4, -0.2) is 18.7 Å². The SMILES string of the molecule is Bc1ncc(/C=C(\S)C(N)=O)s1. The molecule has 0 radical (unpaired) electrons. The van der Waals surface area contributed by atoms with Crippen LogP contribution in [0.5, 0.6) is 0 Å². The van der Waals surface area contributed by atoms with Gasteiger partial charge < -0.3 is 5.73 Å². The molecule has 0 aliphatic carbocycles. The molecule has 0 aromatic carbocycles. The Kier molecular flexibility index (Phi) is 2.94. The predicted octanol–water partition coefficient (Wildman–Crippen LogP) is -0.843. The van der Waals surface area contributed by atoms with E-state index >= 15 is 0 Å². The van der Waals surface area contributed by atoms with Gasteiger partial charge in [-0.2, -0.15) is 0 Å². The van der Waals surface area contributed by atoms with Crippen LogP contribution in [0.2, 0.25) is 0 Å². The van der Waals surface area contributed by atoms with Crippen molar-refractivity contribution in [3.8, 4) is 0 Å². The summed E-state index contributed by atoms with van der Waals surface area (Å²) in [4.78, 5) is 16.7. The average molecular weight is 198 g/mol. The van der Waals surface area contributed by atoms with Crippen molar-refractivity contribution in [1.29, 1.82) is 0 Å². The fourth-order valence-corrected chi connectivity index (χ4v) is 1.61. The van der Waals surface area contributed by atoms with E-state index in [-0.39, 0.29) is 4.91 Å². The van der Waals surface area contributed by atoms with Gasteiger partial charge in [-0.25, -0.2) is 0 Å². The summed E-state index contributed by atoms with van der Waals surface area (Å²) in [5.74, 6) is -0.524. The van der Waals surface area contributed by atoms with Crippen LogP contribution in [0.1, 0.15) is 4.88 Å². The summed E-state index contributed by atoms with van der Waals surface area (Å²) in [6.45, 7) is 0.